The molecule has 1 aromatic rings. The van der Waals surface area contributed by atoms with E-state index < -0.39 is 0 Å². The minimum atomic E-state index is -0.355. The second-order valence-electron chi connectivity index (χ2n) is 5.18. The van der Waals surface area contributed by atoms with Gasteiger partial charge in [-0.25, -0.2) is 0 Å². The summed E-state index contributed by atoms with van der Waals surface area (Å²) < 4.78 is 0. The van der Waals surface area contributed by atoms with Crippen LogP contribution in [0.5, 0.6) is 0 Å². The molecule has 1 aliphatic heterocycles. The van der Waals surface area contributed by atoms with Gasteiger partial charge in [-0.3, -0.25) is 10.1 Å². The van der Waals surface area contributed by atoms with E-state index in [0.717, 1.165) is 39.0 Å². The molecule has 0 amide bonds. The first-order valence-corrected chi connectivity index (χ1v) is 6.84. The molecule has 1 fully saturated rings. The molecule has 1 saturated heterocycles. The van der Waals surface area contributed by atoms with Gasteiger partial charge in [-0.2, -0.15) is 0 Å². The van der Waals surface area contributed by atoms with Crippen LogP contribution in [-0.4, -0.2) is 42.0 Å². The van der Waals surface area contributed by atoms with Crippen molar-refractivity contribution in [2.45, 2.75) is 25.8 Å². The van der Waals surface area contributed by atoms with E-state index >= 15 is 0 Å². The maximum absolute atomic E-state index is 10.6. The van der Waals surface area contributed by atoms with Crippen LogP contribution in [0.2, 0.25) is 0 Å². The molecule has 0 aromatic heterocycles. The van der Waals surface area contributed by atoms with Gasteiger partial charge in [0.05, 0.1) is 4.92 Å². The van der Waals surface area contributed by atoms with Crippen LogP contribution in [0.3, 0.4) is 0 Å². The molecule has 5 nitrogen and oxygen atoms in total. The van der Waals surface area contributed by atoms with Gasteiger partial charge in [0.25, 0.3) is 5.69 Å². The van der Waals surface area contributed by atoms with E-state index in [-0.39, 0.29) is 10.6 Å². The summed E-state index contributed by atoms with van der Waals surface area (Å²) in [5.41, 5.74) is 1.34. The van der Waals surface area contributed by atoms with E-state index in [0.29, 0.717) is 6.04 Å². The van der Waals surface area contributed by atoms with Crippen LogP contribution in [0.25, 0.3) is 0 Å². The van der Waals surface area contributed by atoms with Gasteiger partial charge in [-0.15, -0.1) is 0 Å². The van der Waals surface area contributed by atoms with Gasteiger partial charge >= 0.3 is 0 Å². The molecule has 19 heavy (non-hydrogen) atoms. The lowest BCUT2D eigenvalue weighted by molar-refractivity contribution is -0.384. The Morgan fingerprint density at radius 1 is 1.42 bits per heavy atom. The van der Waals surface area contributed by atoms with Gasteiger partial charge in [0.1, 0.15) is 0 Å². The summed E-state index contributed by atoms with van der Waals surface area (Å²) in [7, 11) is 0. The molecule has 5 heteroatoms. The molecule has 1 N–H and O–H groups in total. The second kappa shape index (κ2) is 6.63. The van der Waals surface area contributed by atoms with Gasteiger partial charge in [0, 0.05) is 37.8 Å². The van der Waals surface area contributed by atoms with Crippen LogP contribution in [0, 0.1) is 10.1 Å². The largest absolute Gasteiger partial charge is 0.312 e. The molecule has 1 aliphatic rings. The summed E-state index contributed by atoms with van der Waals surface area (Å²) in [6, 6.07) is 7.47. The molecule has 0 spiro atoms. The number of piperazine rings is 1. The summed E-state index contributed by atoms with van der Waals surface area (Å²) >= 11 is 0. The van der Waals surface area contributed by atoms with Crippen LogP contribution < -0.4 is 5.32 Å². The van der Waals surface area contributed by atoms with Gasteiger partial charge in [0.2, 0.25) is 0 Å². The molecule has 1 aromatic carbocycles. The number of nitrogens with one attached hydrogen (secondary N) is 1. The maximum atomic E-state index is 10.6. The molecular weight excluding hydrogens is 242 g/mol. The summed E-state index contributed by atoms with van der Waals surface area (Å²) in [6.45, 7) is 6.61. The summed E-state index contributed by atoms with van der Waals surface area (Å²) in [5.74, 6) is 0. The zero-order valence-electron chi connectivity index (χ0n) is 11.3. The Morgan fingerprint density at radius 3 is 2.79 bits per heavy atom. The fraction of sp³-hybridized carbons (Fsp3) is 0.571. The Balaban J connectivity index is 1.74. The zero-order valence-corrected chi connectivity index (χ0v) is 11.3. The van der Waals surface area contributed by atoms with Crippen LogP contribution >= 0.6 is 0 Å². The highest BCUT2D eigenvalue weighted by atomic mass is 16.6. The standard InChI is InChI=1S/C14H21N3O2/c1-12-11-16(10-8-15-12)9-2-3-13-4-6-14(7-5-13)17(18)19/h4-7,12,15H,2-3,8-11H2,1H3/t12-/m1/s1. The maximum Gasteiger partial charge on any atom is 0.269 e. The van der Waals surface area contributed by atoms with Gasteiger partial charge in [0.15, 0.2) is 0 Å². The third-order valence-electron chi connectivity index (χ3n) is 3.54. The van der Waals surface area contributed by atoms with Crippen LogP contribution in [0.1, 0.15) is 18.9 Å². The first kappa shape index (κ1) is 14.0. The highest BCUT2D eigenvalue weighted by Crippen LogP contribution is 2.13. The fourth-order valence-electron chi connectivity index (χ4n) is 2.51. The van der Waals surface area contributed by atoms with Gasteiger partial charge in [-0.05, 0) is 31.9 Å². The van der Waals surface area contributed by atoms with Crippen molar-refractivity contribution in [3.63, 3.8) is 0 Å². The van der Waals surface area contributed by atoms with Crippen molar-refractivity contribution in [3.8, 4) is 0 Å². The van der Waals surface area contributed by atoms with E-state index in [2.05, 4.69) is 17.1 Å². The Bertz CT molecular complexity index is 419. The van der Waals surface area contributed by atoms with Crippen LogP contribution in [0.4, 0.5) is 5.69 Å². The van der Waals surface area contributed by atoms with E-state index in [4.69, 9.17) is 0 Å². The van der Waals surface area contributed by atoms with Gasteiger partial charge in [-0.1, -0.05) is 12.1 Å². The van der Waals surface area contributed by atoms with Crippen molar-refractivity contribution in [1.29, 1.82) is 0 Å². The van der Waals surface area contributed by atoms with Crippen LogP contribution in [0.15, 0.2) is 24.3 Å². The van der Waals surface area contributed by atoms with E-state index in [1.807, 2.05) is 12.1 Å². The molecule has 1 heterocycles. The van der Waals surface area contributed by atoms with Crippen LogP contribution in [-0.2, 0) is 6.42 Å². The Morgan fingerprint density at radius 2 is 2.16 bits per heavy atom. The minimum Gasteiger partial charge on any atom is -0.312 e. The molecule has 0 unspecified atom stereocenters. The second-order valence-corrected chi connectivity index (χ2v) is 5.18. The lowest BCUT2D eigenvalue weighted by atomic mass is 10.1. The Hall–Kier alpha value is -1.46. The number of nitro benzene ring substituents is 1. The minimum absolute atomic E-state index is 0.166. The number of non-ortho nitro benzene ring substituents is 1. The monoisotopic (exact) mass is 263 g/mol. The number of nitro groups is 1. The van der Waals surface area contributed by atoms with E-state index in [1.165, 1.54) is 5.56 Å². The van der Waals surface area contributed by atoms with E-state index in [9.17, 15) is 10.1 Å². The summed E-state index contributed by atoms with van der Waals surface area (Å²) in [5, 5.41) is 14.0. The Labute approximate surface area is 113 Å². The molecule has 0 aliphatic carbocycles. The third kappa shape index (κ3) is 4.29. The third-order valence-corrected chi connectivity index (χ3v) is 3.54. The topological polar surface area (TPSA) is 58.4 Å². The lowest BCUT2D eigenvalue weighted by Crippen LogP contribution is -2.49. The number of hydrogen-bond acceptors (Lipinski definition) is 4. The number of hydrogen-bond donors (Lipinski definition) is 1. The summed E-state index contributed by atoms with van der Waals surface area (Å²) in [6.07, 6.45) is 2.08. The SMILES string of the molecule is C[C@@H]1CN(CCCc2ccc([N+](=O)[O-])cc2)CCN1. The fourth-order valence-corrected chi connectivity index (χ4v) is 2.51. The number of benzene rings is 1. The lowest BCUT2D eigenvalue weighted by Gasteiger charge is -2.31. The normalized spacial score (nSPS) is 20.4. The number of nitrogens with zero attached hydrogens (tertiary/aromatic N) is 2. The van der Waals surface area contributed by atoms with Crippen molar-refractivity contribution in [3.05, 3.63) is 39.9 Å². The number of aryl methyl sites for hydroxylation is 1. The first-order chi connectivity index (χ1) is 9.15. The highest BCUT2D eigenvalue weighted by Gasteiger charge is 2.14. The molecule has 0 bridgehead atoms. The van der Waals surface area contributed by atoms with Crippen molar-refractivity contribution < 1.29 is 4.92 Å². The molecule has 0 saturated carbocycles. The molecule has 1 atom stereocenters. The predicted molar refractivity (Wildman–Crippen MR) is 75.3 cm³/mol. The Kier molecular flexibility index (Phi) is 4.87. The van der Waals surface area contributed by atoms with Crippen molar-refractivity contribution in [1.82, 2.24) is 10.2 Å². The van der Waals surface area contributed by atoms with Crippen molar-refractivity contribution in [2.24, 2.45) is 0 Å². The highest BCUT2D eigenvalue weighted by molar-refractivity contribution is 5.32. The zero-order chi connectivity index (χ0) is 13.7. The quantitative estimate of drug-likeness (QED) is 0.650. The smallest absolute Gasteiger partial charge is 0.269 e. The van der Waals surface area contributed by atoms with E-state index in [1.54, 1.807) is 12.1 Å². The molecule has 104 valence electrons. The average Bonchev–Trinajstić information content (AvgIpc) is 2.39. The van der Waals surface area contributed by atoms with Crippen molar-refractivity contribution >= 4 is 5.69 Å². The van der Waals surface area contributed by atoms with Gasteiger partial charge < -0.3 is 10.2 Å². The molecule has 0 radical (unpaired) electrons. The molecule has 2 rings (SSSR count). The first-order valence-electron chi connectivity index (χ1n) is 6.84. The molecular formula is C14H21N3O2. The predicted octanol–water partition coefficient (Wildman–Crippen LogP) is 1.82. The van der Waals surface area contributed by atoms with Crippen molar-refractivity contribution in [2.75, 3.05) is 26.2 Å². The average molecular weight is 263 g/mol. The number of rotatable bonds is 5. The summed E-state index contributed by atoms with van der Waals surface area (Å²) in [4.78, 5) is 12.7.